The summed E-state index contributed by atoms with van der Waals surface area (Å²) in [4.78, 5) is 15.5. The normalized spacial score (nSPS) is 15.4. The van der Waals surface area contributed by atoms with Crippen LogP contribution in [0.1, 0.15) is 15.2 Å². The summed E-state index contributed by atoms with van der Waals surface area (Å²) in [6, 6.07) is 24.2. The summed E-state index contributed by atoms with van der Waals surface area (Å²) in [5.74, 6) is 0.0427. The van der Waals surface area contributed by atoms with E-state index in [1.165, 1.54) is 11.3 Å². The van der Waals surface area contributed by atoms with Gasteiger partial charge in [0.1, 0.15) is 0 Å². The number of carbonyl (C=O) groups excluding carboxylic acids is 1. The van der Waals surface area contributed by atoms with Crippen molar-refractivity contribution >= 4 is 40.3 Å². The summed E-state index contributed by atoms with van der Waals surface area (Å²) in [7, 11) is 0. The van der Waals surface area contributed by atoms with Gasteiger partial charge in [-0.05, 0) is 29.1 Å². The minimum Gasteiger partial charge on any atom is -0.303 e. The fraction of sp³-hybridized carbons (Fsp3) is 0. The molecule has 0 unspecified atom stereocenters. The molecule has 0 amide bonds. The molecule has 2 nitrogen and oxygen atoms in total. The third-order valence-electron chi connectivity index (χ3n) is 3.86. The van der Waals surface area contributed by atoms with Gasteiger partial charge in [0.2, 0.25) is 0 Å². The van der Waals surface area contributed by atoms with Gasteiger partial charge in [-0.15, -0.1) is 11.3 Å². The molecule has 2 aromatic carbocycles. The van der Waals surface area contributed by atoms with Gasteiger partial charge in [-0.2, -0.15) is 0 Å². The van der Waals surface area contributed by atoms with Gasteiger partial charge in [-0.3, -0.25) is 4.79 Å². The van der Waals surface area contributed by atoms with Crippen molar-refractivity contribution in [2.75, 3.05) is 4.90 Å². The van der Waals surface area contributed by atoms with Crippen molar-refractivity contribution in [3.05, 3.63) is 105 Å². The summed E-state index contributed by atoms with van der Waals surface area (Å²) in [5, 5.41) is 4.95. The van der Waals surface area contributed by atoms with Gasteiger partial charge in [0, 0.05) is 17.2 Å². The molecule has 1 aromatic heterocycles. The number of ketones is 1. The van der Waals surface area contributed by atoms with Crippen molar-refractivity contribution in [1.29, 1.82) is 0 Å². The highest BCUT2D eigenvalue weighted by Gasteiger charge is 2.25. The van der Waals surface area contributed by atoms with Gasteiger partial charge < -0.3 is 4.90 Å². The SMILES string of the molecule is O=C(/C=C1\SC=C(c2ccccc2)N1c1ccccc1)c1cccs1. The molecular weight excluding hydrogens is 346 g/mol. The highest BCUT2D eigenvalue weighted by molar-refractivity contribution is 8.06. The Bertz CT molecular complexity index is 929. The Morgan fingerprint density at radius 3 is 2.28 bits per heavy atom. The van der Waals surface area contributed by atoms with E-state index in [1.54, 1.807) is 17.8 Å². The van der Waals surface area contributed by atoms with Gasteiger partial charge in [-0.1, -0.05) is 66.4 Å². The summed E-state index contributed by atoms with van der Waals surface area (Å²) >= 11 is 3.05. The average Bonchev–Trinajstić information content (AvgIpc) is 3.33. The van der Waals surface area contributed by atoms with Crippen molar-refractivity contribution in [2.45, 2.75) is 0 Å². The zero-order chi connectivity index (χ0) is 17.1. The molecule has 2 heterocycles. The molecule has 0 bridgehead atoms. The third kappa shape index (κ3) is 3.31. The first-order chi connectivity index (χ1) is 12.3. The summed E-state index contributed by atoms with van der Waals surface area (Å²) in [6.07, 6.45) is 1.73. The number of hydrogen-bond donors (Lipinski definition) is 0. The summed E-state index contributed by atoms with van der Waals surface area (Å²) in [6.45, 7) is 0. The Morgan fingerprint density at radius 1 is 0.880 bits per heavy atom. The largest absolute Gasteiger partial charge is 0.303 e. The number of rotatable bonds is 4. The first kappa shape index (κ1) is 15.9. The molecule has 0 spiro atoms. The second kappa shape index (κ2) is 7.13. The van der Waals surface area contributed by atoms with Gasteiger partial charge in [0.05, 0.1) is 15.6 Å². The van der Waals surface area contributed by atoms with Gasteiger partial charge in [-0.25, -0.2) is 0 Å². The number of allylic oxidation sites excluding steroid dienone is 1. The Balaban J connectivity index is 1.75. The van der Waals surface area contributed by atoms with Crippen LogP contribution in [0.4, 0.5) is 5.69 Å². The first-order valence-electron chi connectivity index (χ1n) is 7.90. The van der Waals surface area contributed by atoms with Crippen LogP contribution >= 0.6 is 23.1 Å². The Kier molecular flexibility index (Phi) is 4.55. The quantitative estimate of drug-likeness (QED) is 0.418. The number of carbonyl (C=O) groups is 1. The van der Waals surface area contributed by atoms with Gasteiger partial charge in [0.15, 0.2) is 5.78 Å². The number of hydrogen-bond acceptors (Lipinski definition) is 4. The molecule has 0 radical (unpaired) electrons. The molecule has 0 aliphatic carbocycles. The number of anilines is 1. The van der Waals surface area contributed by atoms with Crippen LogP contribution in [0, 0.1) is 0 Å². The first-order valence-corrected chi connectivity index (χ1v) is 9.66. The van der Waals surface area contributed by atoms with E-state index in [2.05, 4.69) is 34.6 Å². The van der Waals surface area contributed by atoms with E-state index in [0.29, 0.717) is 0 Å². The molecule has 0 N–H and O–H groups in total. The Hall–Kier alpha value is -2.56. The molecule has 1 aliphatic rings. The number of para-hydroxylation sites is 1. The van der Waals surface area contributed by atoms with Crippen LogP contribution in [0.5, 0.6) is 0 Å². The molecular formula is C21H15NOS2. The minimum atomic E-state index is 0.0427. The van der Waals surface area contributed by atoms with Crippen molar-refractivity contribution in [1.82, 2.24) is 0 Å². The van der Waals surface area contributed by atoms with Crippen LogP contribution in [0.3, 0.4) is 0 Å². The van der Waals surface area contributed by atoms with Crippen molar-refractivity contribution in [3.8, 4) is 0 Å². The lowest BCUT2D eigenvalue weighted by molar-refractivity contribution is 0.105. The molecule has 0 fully saturated rings. The molecule has 4 heteroatoms. The van der Waals surface area contributed by atoms with Gasteiger partial charge >= 0.3 is 0 Å². The van der Waals surface area contributed by atoms with Crippen LogP contribution in [0.15, 0.2) is 94.7 Å². The van der Waals surface area contributed by atoms with Gasteiger partial charge in [0.25, 0.3) is 0 Å². The van der Waals surface area contributed by atoms with Crippen LogP contribution in [0.25, 0.3) is 5.70 Å². The molecule has 0 atom stereocenters. The molecule has 0 saturated carbocycles. The average molecular weight is 361 g/mol. The van der Waals surface area contributed by atoms with Crippen molar-refractivity contribution in [2.24, 2.45) is 0 Å². The number of thiophene rings is 1. The Labute approximate surface area is 155 Å². The van der Waals surface area contributed by atoms with E-state index in [1.807, 2.05) is 53.9 Å². The fourth-order valence-electron chi connectivity index (χ4n) is 2.69. The maximum absolute atomic E-state index is 12.6. The highest BCUT2D eigenvalue weighted by Crippen LogP contribution is 2.43. The van der Waals surface area contributed by atoms with E-state index < -0.39 is 0 Å². The monoisotopic (exact) mass is 361 g/mol. The van der Waals surface area contributed by atoms with Crippen LogP contribution in [-0.2, 0) is 0 Å². The van der Waals surface area contributed by atoms with E-state index in [-0.39, 0.29) is 5.78 Å². The highest BCUT2D eigenvalue weighted by atomic mass is 32.2. The second-order valence-corrected chi connectivity index (χ2v) is 7.32. The molecule has 25 heavy (non-hydrogen) atoms. The van der Waals surface area contributed by atoms with Crippen LogP contribution in [0.2, 0.25) is 0 Å². The fourth-order valence-corrected chi connectivity index (χ4v) is 4.28. The number of thioether (sulfide) groups is 1. The van der Waals surface area contributed by atoms with Crippen molar-refractivity contribution in [3.63, 3.8) is 0 Å². The molecule has 0 saturated heterocycles. The predicted octanol–water partition coefficient (Wildman–Crippen LogP) is 6.02. The maximum atomic E-state index is 12.6. The molecule has 4 rings (SSSR count). The van der Waals surface area contributed by atoms with E-state index in [9.17, 15) is 4.79 Å². The zero-order valence-corrected chi connectivity index (χ0v) is 15.0. The van der Waals surface area contributed by atoms with E-state index in [0.717, 1.165) is 26.9 Å². The lowest BCUT2D eigenvalue weighted by Crippen LogP contribution is -2.16. The molecule has 1 aliphatic heterocycles. The van der Waals surface area contributed by atoms with E-state index in [4.69, 9.17) is 0 Å². The lowest BCUT2D eigenvalue weighted by atomic mass is 10.1. The lowest BCUT2D eigenvalue weighted by Gasteiger charge is -2.23. The summed E-state index contributed by atoms with van der Waals surface area (Å²) < 4.78 is 0. The third-order valence-corrected chi connectivity index (χ3v) is 5.62. The topological polar surface area (TPSA) is 20.3 Å². The number of benzene rings is 2. The minimum absolute atomic E-state index is 0.0427. The van der Waals surface area contributed by atoms with E-state index >= 15 is 0 Å². The zero-order valence-electron chi connectivity index (χ0n) is 13.3. The summed E-state index contributed by atoms with van der Waals surface area (Å²) in [5.41, 5.74) is 3.26. The molecule has 122 valence electrons. The second-order valence-electron chi connectivity index (χ2n) is 5.48. The van der Waals surface area contributed by atoms with Crippen molar-refractivity contribution < 1.29 is 4.79 Å². The Morgan fingerprint density at radius 2 is 1.60 bits per heavy atom. The maximum Gasteiger partial charge on any atom is 0.198 e. The standard InChI is InChI=1S/C21H15NOS2/c23-19(20-12-7-13-24-20)14-21-22(17-10-5-2-6-11-17)18(15-25-21)16-8-3-1-4-9-16/h1-15H/b21-14-. The number of nitrogens with zero attached hydrogens (tertiary/aromatic N) is 1. The molecule has 3 aromatic rings. The van der Waals surface area contributed by atoms with Crippen LogP contribution in [-0.4, -0.2) is 5.78 Å². The smallest absolute Gasteiger partial charge is 0.198 e. The van der Waals surface area contributed by atoms with Crippen LogP contribution < -0.4 is 4.90 Å². The predicted molar refractivity (Wildman–Crippen MR) is 108 cm³/mol.